The smallest absolute Gasteiger partial charge is 0.252 e. The summed E-state index contributed by atoms with van der Waals surface area (Å²) in [5.41, 5.74) is 1.26. The summed E-state index contributed by atoms with van der Waals surface area (Å²) in [5, 5.41) is 3.24. The molecule has 1 aromatic carbocycles. The number of nitrogens with one attached hydrogen (secondary N) is 1. The van der Waals surface area contributed by atoms with Crippen LogP contribution in [0.5, 0.6) is 0 Å². The SMILES string of the molecule is COCCNC(=O)c1cc(C)nc2c(F)cccc12. The van der Waals surface area contributed by atoms with Crippen molar-refractivity contribution >= 4 is 16.8 Å². The first kappa shape index (κ1) is 13.4. The van der Waals surface area contributed by atoms with Crippen molar-refractivity contribution < 1.29 is 13.9 Å². The van der Waals surface area contributed by atoms with Crippen LogP contribution < -0.4 is 5.32 Å². The molecule has 1 heterocycles. The number of pyridine rings is 1. The van der Waals surface area contributed by atoms with E-state index >= 15 is 0 Å². The number of fused-ring (bicyclic) bond motifs is 1. The first-order chi connectivity index (χ1) is 9.13. The zero-order chi connectivity index (χ0) is 13.8. The van der Waals surface area contributed by atoms with E-state index in [1.807, 2.05) is 0 Å². The van der Waals surface area contributed by atoms with Crippen LogP contribution in [-0.4, -0.2) is 31.2 Å². The Morgan fingerprint density at radius 2 is 2.26 bits per heavy atom. The summed E-state index contributed by atoms with van der Waals surface area (Å²) in [6.45, 7) is 2.58. The number of ether oxygens (including phenoxy) is 1. The number of aryl methyl sites for hydroxylation is 1. The molecule has 2 aromatic rings. The van der Waals surface area contributed by atoms with Gasteiger partial charge in [0.15, 0.2) is 0 Å². The maximum atomic E-state index is 13.7. The molecular weight excluding hydrogens is 247 g/mol. The molecule has 0 radical (unpaired) electrons. The van der Waals surface area contributed by atoms with Crippen LogP contribution in [0, 0.1) is 12.7 Å². The third-order valence-corrected chi connectivity index (χ3v) is 2.75. The number of benzene rings is 1. The molecule has 0 aliphatic heterocycles. The van der Waals surface area contributed by atoms with Crippen LogP contribution in [0.25, 0.3) is 10.9 Å². The van der Waals surface area contributed by atoms with Gasteiger partial charge >= 0.3 is 0 Å². The van der Waals surface area contributed by atoms with Gasteiger partial charge < -0.3 is 10.1 Å². The Kier molecular flexibility index (Phi) is 4.06. The van der Waals surface area contributed by atoms with E-state index in [0.717, 1.165) is 0 Å². The van der Waals surface area contributed by atoms with Gasteiger partial charge in [-0.2, -0.15) is 0 Å². The topological polar surface area (TPSA) is 51.2 Å². The van der Waals surface area contributed by atoms with E-state index in [4.69, 9.17) is 4.74 Å². The van der Waals surface area contributed by atoms with Gasteiger partial charge in [0.1, 0.15) is 11.3 Å². The Bertz CT molecular complexity index is 614. The lowest BCUT2D eigenvalue weighted by molar-refractivity contribution is 0.0938. The van der Waals surface area contributed by atoms with Crippen LogP contribution in [0.2, 0.25) is 0 Å². The second-order valence-corrected chi connectivity index (χ2v) is 4.20. The maximum absolute atomic E-state index is 13.7. The van der Waals surface area contributed by atoms with Gasteiger partial charge in [-0.25, -0.2) is 9.37 Å². The number of methoxy groups -OCH3 is 1. The second kappa shape index (κ2) is 5.75. The average molecular weight is 262 g/mol. The number of halogens is 1. The lowest BCUT2D eigenvalue weighted by Crippen LogP contribution is -2.27. The van der Waals surface area contributed by atoms with Gasteiger partial charge in [-0.05, 0) is 19.1 Å². The van der Waals surface area contributed by atoms with Gasteiger partial charge in [0, 0.05) is 24.7 Å². The normalized spacial score (nSPS) is 10.7. The van der Waals surface area contributed by atoms with Crippen molar-refractivity contribution in [3.05, 3.63) is 41.3 Å². The van der Waals surface area contributed by atoms with Crippen molar-refractivity contribution in [2.75, 3.05) is 20.3 Å². The fourth-order valence-electron chi connectivity index (χ4n) is 1.89. The molecule has 5 heteroatoms. The molecule has 4 nitrogen and oxygen atoms in total. The van der Waals surface area contributed by atoms with Crippen LogP contribution in [0.15, 0.2) is 24.3 Å². The molecule has 0 atom stereocenters. The maximum Gasteiger partial charge on any atom is 0.252 e. The zero-order valence-electron chi connectivity index (χ0n) is 10.9. The Labute approximate surface area is 110 Å². The molecule has 100 valence electrons. The van der Waals surface area contributed by atoms with Crippen molar-refractivity contribution in [2.24, 2.45) is 0 Å². The van der Waals surface area contributed by atoms with Crippen LogP contribution in [0.3, 0.4) is 0 Å². The van der Waals surface area contributed by atoms with Gasteiger partial charge in [-0.15, -0.1) is 0 Å². The van der Waals surface area contributed by atoms with E-state index in [0.29, 0.717) is 29.8 Å². The highest BCUT2D eigenvalue weighted by atomic mass is 19.1. The molecule has 19 heavy (non-hydrogen) atoms. The third kappa shape index (κ3) is 2.88. The van der Waals surface area contributed by atoms with Crippen molar-refractivity contribution in [1.82, 2.24) is 10.3 Å². The summed E-state index contributed by atoms with van der Waals surface area (Å²) in [6.07, 6.45) is 0. The zero-order valence-corrected chi connectivity index (χ0v) is 10.9. The number of hydrogen-bond acceptors (Lipinski definition) is 3. The number of carbonyl (C=O) groups excluding carboxylic acids is 1. The van der Waals surface area contributed by atoms with E-state index in [1.165, 1.54) is 6.07 Å². The van der Waals surface area contributed by atoms with Crippen LogP contribution in [0.4, 0.5) is 4.39 Å². The molecule has 0 aliphatic carbocycles. The number of aromatic nitrogens is 1. The van der Waals surface area contributed by atoms with Crippen molar-refractivity contribution in [3.8, 4) is 0 Å². The Morgan fingerprint density at radius 1 is 1.47 bits per heavy atom. The fourth-order valence-corrected chi connectivity index (χ4v) is 1.89. The Hall–Kier alpha value is -2.01. The number of hydrogen-bond donors (Lipinski definition) is 1. The van der Waals surface area contributed by atoms with Gasteiger partial charge in [0.25, 0.3) is 5.91 Å². The minimum atomic E-state index is -0.424. The van der Waals surface area contributed by atoms with Crippen LogP contribution in [-0.2, 0) is 4.74 Å². The summed E-state index contributed by atoms with van der Waals surface area (Å²) in [7, 11) is 1.56. The largest absolute Gasteiger partial charge is 0.383 e. The van der Waals surface area contributed by atoms with Crippen LogP contribution >= 0.6 is 0 Å². The monoisotopic (exact) mass is 262 g/mol. The predicted octanol–water partition coefficient (Wildman–Crippen LogP) is 2.06. The summed E-state index contributed by atoms with van der Waals surface area (Å²) >= 11 is 0. The van der Waals surface area contributed by atoms with E-state index in [9.17, 15) is 9.18 Å². The molecule has 1 amide bonds. The molecule has 0 saturated carbocycles. The quantitative estimate of drug-likeness (QED) is 0.858. The van der Waals surface area contributed by atoms with Gasteiger partial charge in [-0.3, -0.25) is 4.79 Å². The highest BCUT2D eigenvalue weighted by Crippen LogP contribution is 2.20. The molecule has 2 rings (SSSR count). The molecule has 0 saturated heterocycles. The summed E-state index contributed by atoms with van der Waals surface area (Å²) in [4.78, 5) is 16.2. The average Bonchev–Trinajstić information content (AvgIpc) is 2.39. The molecule has 0 unspecified atom stereocenters. The van der Waals surface area contributed by atoms with E-state index in [1.54, 1.807) is 32.2 Å². The van der Waals surface area contributed by atoms with E-state index < -0.39 is 5.82 Å². The standard InChI is InChI=1S/C14H15FN2O2/c1-9-8-11(14(18)16-6-7-19-2)10-4-3-5-12(15)13(10)17-9/h3-5,8H,6-7H2,1-2H3,(H,16,18). The fraction of sp³-hybridized carbons (Fsp3) is 0.286. The van der Waals surface area contributed by atoms with Gasteiger partial charge in [0.05, 0.1) is 12.2 Å². The molecular formula is C14H15FN2O2. The van der Waals surface area contributed by atoms with Crippen molar-refractivity contribution in [1.29, 1.82) is 0 Å². The lowest BCUT2D eigenvalue weighted by Gasteiger charge is -2.09. The summed E-state index contributed by atoms with van der Waals surface area (Å²) in [6, 6.07) is 6.25. The van der Waals surface area contributed by atoms with Crippen LogP contribution in [0.1, 0.15) is 16.1 Å². The van der Waals surface area contributed by atoms with Crippen molar-refractivity contribution in [3.63, 3.8) is 0 Å². The second-order valence-electron chi connectivity index (χ2n) is 4.20. The van der Waals surface area contributed by atoms with Gasteiger partial charge in [0.2, 0.25) is 0 Å². The molecule has 1 N–H and O–H groups in total. The highest BCUT2D eigenvalue weighted by Gasteiger charge is 2.13. The number of para-hydroxylation sites is 1. The van der Waals surface area contributed by atoms with Crippen molar-refractivity contribution in [2.45, 2.75) is 6.92 Å². The number of amides is 1. The first-order valence-corrected chi connectivity index (χ1v) is 5.96. The first-order valence-electron chi connectivity index (χ1n) is 5.96. The predicted molar refractivity (Wildman–Crippen MR) is 70.6 cm³/mol. The number of nitrogens with zero attached hydrogens (tertiary/aromatic N) is 1. The number of carbonyl (C=O) groups is 1. The molecule has 1 aromatic heterocycles. The molecule has 0 aliphatic rings. The molecule has 0 spiro atoms. The third-order valence-electron chi connectivity index (χ3n) is 2.75. The van der Waals surface area contributed by atoms with Gasteiger partial charge in [-0.1, -0.05) is 12.1 Å². The summed E-state index contributed by atoms with van der Waals surface area (Å²) in [5.74, 6) is -0.676. The highest BCUT2D eigenvalue weighted by molar-refractivity contribution is 6.06. The summed E-state index contributed by atoms with van der Waals surface area (Å²) < 4.78 is 18.6. The van der Waals surface area contributed by atoms with E-state index in [-0.39, 0.29) is 11.4 Å². The Balaban J connectivity index is 2.42. The minimum absolute atomic E-state index is 0.222. The Morgan fingerprint density at radius 3 is 3.00 bits per heavy atom. The molecule has 0 bridgehead atoms. The lowest BCUT2D eigenvalue weighted by atomic mass is 10.1. The minimum Gasteiger partial charge on any atom is -0.383 e. The van der Waals surface area contributed by atoms with E-state index in [2.05, 4.69) is 10.3 Å². The number of rotatable bonds is 4. The molecule has 0 fully saturated rings.